The number of carbonyl (C=O) groups excluding carboxylic acids is 3. The number of aromatic nitrogens is 1. The van der Waals surface area contributed by atoms with Gasteiger partial charge in [-0.1, -0.05) is 0 Å². The van der Waals surface area contributed by atoms with E-state index in [-0.39, 0.29) is 44.2 Å². The van der Waals surface area contributed by atoms with E-state index in [0.717, 1.165) is 4.90 Å². The van der Waals surface area contributed by atoms with E-state index in [2.05, 4.69) is 15.5 Å². The third kappa shape index (κ3) is 4.84. The molecule has 0 aromatic carbocycles. The average Bonchev–Trinajstić information content (AvgIpc) is 3.13. The van der Waals surface area contributed by atoms with Gasteiger partial charge in [0.25, 0.3) is 0 Å². The van der Waals surface area contributed by atoms with Crippen LogP contribution in [0.25, 0.3) is 0 Å². The number of hydrogen-bond acceptors (Lipinski definition) is 11. The summed E-state index contributed by atoms with van der Waals surface area (Å²) in [7, 11) is 1.26. The molecule has 2 aliphatic heterocycles. The van der Waals surface area contributed by atoms with E-state index in [9.17, 15) is 19.2 Å². The normalized spacial score (nSPS) is 20.5. The van der Waals surface area contributed by atoms with E-state index >= 15 is 0 Å². The van der Waals surface area contributed by atoms with E-state index in [1.165, 1.54) is 25.8 Å². The standard InChI is InChI=1S/C16H17N5O8SSe/c1-6(22)28-3-7-4-30-14-10(12(24)21(14)13(7)29-16(25)26)19-11(23)9(20-27-2)8-5-31-15(17)18-8/h5,10,14H,3-4H2,1-2H3,(H2,17,18)(H,19,23)(H,25,26)/b20-9-/t10-,14-/m1/s1. The number of fused-ring (bicyclic) bond motifs is 1. The number of anilines is 1. The van der Waals surface area contributed by atoms with Crippen LogP contribution in [0, 0.1) is 0 Å². The molecule has 2 aliphatic rings. The Morgan fingerprint density at radius 3 is 2.81 bits per heavy atom. The van der Waals surface area contributed by atoms with Crippen molar-refractivity contribution in [3.8, 4) is 0 Å². The van der Waals surface area contributed by atoms with Crippen molar-refractivity contribution in [3.05, 3.63) is 22.1 Å². The van der Waals surface area contributed by atoms with Crippen LogP contribution in [0.2, 0.25) is 0 Å². The predicted octanol–water partition coefficient (Wildman–Crippen LogP) is -1.06. The first-order valence-electron chi connectivity index (χ1n) is 8.57. The summed E-state index contributed by atoms with van der Waals surface area (Å²) in [5.41, 5.74) is 6.09. The molecule has 31 heavy (non-hydrogen) atoms. The van der Waals surface area contributed by atoms with Crippen LogP contribution < -0.4 is 11.1 Å². The Bertz CT molecular complexity index is 992. The number of carboxylic acid groups (broad SMARTS) is 1. The molecule has 1 saturated heterocycles. The molecular formula is C16H17N5O8SSe. The van der Waals surface area contributed by atoms with Gasteiger partial charge in [-0.25, -0.2) is 0 Å². The number of nitrogens with zero attached hydrogens (tertiary/aromatic N) is 3. The third-order valence-electron chi connectivity index (χ3n) is 4.08. The van der Waals surface area contributed by atoms with Gasteiger partial charge in [-0.2, -0.15) is 0 Å². The maximum atomic E-state index is 12.7. The van der Waals surface area contributed by atoms with Crippen molar-refractivity contribution >= 4 is 60.6 Å². The third-order valence-corrected chi connectivity index (χ3v) is 6.83. The summed E-state index contributed by atoms with van der Waals surface area (Å²) in [5.74, 6) is -1.85. The first-order valence-corrected chi connectivity index (χ1v) is 11.5. The summed E-state index contributed by atoms with van der Waals surface area (Å²) in [6.07, 6.45) is -1.62. The van der Waals surface area contributed by atoms with Gasteiger partial charge in [0.1, 0.15) is 0 Å². The van der Waals surface area contributed by atoms with Gasteiger partial charge in [-0.15, -0.1) is 0 Å². The van der Waals surface area contributed by atoms with E-state index in [0.29, 0.717) is 10.3 Å². The molecule has 1 aromatic rings. The van der Waals surface area contributed by atoms with Gasteiger partial charge in [0.15, 0.2) is 0 Å². The number of nitrogens with two attached hydrogens (primary N) is 1. The molecule has 0 spiro atoms. The summed E-state index contributed by atoms with van der Waals surface area (Å²) >= 11 is 1.04. The van der Waals surface area contributed by atoms with Crippen LogP contribution in [0.1, 0.15) is 12.6 Å². The molecule has 0 unspecified atom stereocenters. The van der Waals surface area contributed by atoms with E-state index in [4.69, 9.17) is 25.2 Å². The van der Waals surface area contributed by atoms with Crippen molar-refractivity contribution in [1.29, 1.82) is 0 Å². The van der Waals surface area contributed by atoms with Crippen LogP contribution in [0.3, 0.4) is 0 Å². The average molecular weight is 518 g/mol. The van der Waals surface area contributed by atoms with Gasteiger partial charge in [0.05, 0.1) is 0 Å². The molecule has 0 saturated carbocycles. The topological polar surface area (TPSA) is 183 Å². The number of ether oxygens (including phenoxy) is 2. The summed E-state index contributed by atoms with van der Waals surface area (Å²) < 4.78 is 10.0. The van der Waals surface area contributed by atoms with Crippen molar-refractivity contribution in [2.75, 3.05) is 25.2 Å². The molecule has 1 aromatic heterocycles. The number of rotatable bonds is 7. The molecule has 15 heteroatoms. The van der Waals surface area contributed by atoms with Crippen molar-refractivity contribution in [2.45, 2.75) is 18.3 Å². The fourth-order valence-electron chi connectivity index (χ4n) is 2.80. The monoisotopic (exact) mass is 519 g/mol. The molecule has 0 aliphatic carbocycles. The molecule has 1 fully saturated rings. The number of nitrogen functional groups attached to an aromatic ring is 1. The quantitative estimate of drug-likeness (QED) is 0.132. The number of thioether (sulfide) groups is 1. The second kappa shape index (κ2) is 9.41. The van der Waals surface area contributed by atoms with Gasteiger partial charge in [0.2, 0.25) is 0 Å². The maximum absolute atomic E-state index is 12.7. The first kappa shape index (κ1) is 22.7. The number of nitrogens with one attached hydrogen (secondary N) is 1. The van der Waals surface area contributed by atoms with Crippen LogP contribution in [-0.4, -0.2) is 90.0 Å². The van der Waals surface area contributed by atoms with Crippen molar-refractivity contribution < 1.29 is 38.6 Å². The van der Waals surface area contributed by atoms with Gasteiger partial charge in [0, 0.05) is 6.92 Å². The van der Waals surface area contributed by atoms with Crippen LogP contribution in [0.4, 0.5) is 9.49 Å². The molecular weight excluding hydrogens is 501 g/mol. The first-order chi connectivity index (χ1) is 14.7. The van der Waals surface area contributed by atoms with Gasteiger partial charge >= 0.3 is 173 Å². The molecule has 2 amide bonds. The Morgan fingerprint density at radius 2 is 2.23 bits per heavy atom. The van der Waals surface area contributed by atoms with E-state index in [1.807, 2.05) is 0 Å². The molecule has 13 nitrogen and oxygen atoms in total. The van der Waals surface area contributed by atoms with Gasteiger partial charge < -0.3 is 0 Å². The van der Waals surface area contributed by atoms with Crippen LogP contribution in [0.15, 0.2) is 21.6 Å². The van der Waals surface area contributed by atoms with Crippen molar-refractivity contribution in [3.63, 3.8) is 0 Å². The van der Waals surface area contributed by atoms with E-state index < -0.39 is 35.4 Å². The number of esters is 1. The predicted molar refractivity (Wildman–Crippen MR) is 107 cm³/mol. The fraction of sp³-hybridized carbons (Fsp3) is 0.375. The zero-order valence-corrected chi connectivity index (χ0v) is 18.7. The van der Waals surface area contributed by atoms with Gasteiger partial charge in [-0.05, 0) is 0 Å². The number of amides is 2. The SMILES string of the molecule is CO/N=C(\C(=O)N[C@@H]1C(=O)N2C(OC(=O)O)=C(COC(C)=O)CS[C@H]12)c1c[se]c(N)n1. The Kier molecular flexibility index (Phi) is 6.87. The molecule has 0 bridgehead atoms. The minimum atomic E-state index is -1.62. The minimum absolute atomic E-state index is 0.134. The summed E-state index contributed by atoms with van der Waals surface area (Å²) in [5, 5.41) is 14.7. The Morgan fingerprint density at radius 1 is 1.48 bits per heavy atom. The zero-order chi connectivity index (χ0) is 22.7. The van der Waals surface area contributed by atoms with E-state index in [1.54, 1.807) is 4.94 Å². The molecule has 4 N–H and O–H groups in total. The Labute approximate surface area is 185 Å². The number of β-lactam (4-membered cyclic amide) rings is 1. The summed E-state index contributed by atoms with van der Waals surface area (Å²) in [4.78, 5) is 59.1. The van der Waals surface area contributed by atoms with Crippen LogP contribution in [-0.2, 0) is 28.7 Å². The zero-order valence-electron chi connectivity index (χ0n) is 16.2. The summed E-state index contributed by atoms with van der Waals surface area (Å²) in [6, 6.07) is -0.962. The molecule has 2 atom stereocenters. The van der Waals surface area contributed by atoms with Crippen LogP contribution >= 0.6 is 11.8 Å². The molecule has 166 valence electrons. The number of oxime groups is 1. The Balaban J connectivity index is 1.77. The molecule has 3 heterocycles. The molecule has 0 radical (unpaired) electrons. The number of carbonyl (C=O) groups is 4. The number of hydrogen-bond donors (Lipinski definition) is 3. The van der Waals surface area contributed by atoms with Gasteiger partial charge in [-0.3, -0.25) is 4.79 Å². The second-order valence-electron chi connectivity index (χ2n) is 6.11. The fourth-order valence-corrected chi connectivity index (χ4v) is 5.25. The molecule has 3 rings (SSSR count). The van der Waals surface area contributed by atoms with Crippen LogP contribution in [0.5, 0.6) is 0 Å². The van der Waals surface area contributed by atoms with Crippen molar-refractivity contribution in [2.24, 2.45) is 5.16 Å². The summed E-state index contributed by atoms with van der Waals surface area (Å²) in [6.45, 7) is 0.980. The Hall–Kier alpha value is -3.03. The van der Waals surface area contributed by atoms with Crippen molar-refractivity contribution in [1.82, 2.24) is 15.2 Å². The second-order valence-corrected chi connectivity index (χ2v) is 9.08.